The summed E-state index contributed by atoms with van der Waals surface area (Å²) in [6.07, 6.45) is -4.66. The van der Waals surface area contributed by atoms with Gasteiger partial charge >= 0.3 is 6.18 Å². The van der Waals surface area contributed by atoms with Crippen LogP contribution in [0.3, 0.4) is 0 Å². The molecule has 1 unspecified atom stereocenters. The number of alkyl halides is 3. The summed E-state index contributed by atoms with van der Waals surface area (Å²) in [7, 11) is 3.80. The third-order valence-electron chi connectivity index (χ3n) is 3.81. The Balaban J connectivity index is 2.29. The van der Waals surface area contributed by atoms with Crippen LogP contribution < -0.4 is 5.32 Å². The van der Waals surface area contributed by atoms with Gasteiger partial charge in [-0.2, -0.15) is 13.2 Å². The van der Waals surface area contributed by atoms with E-state index >= 15 is 0 Å². The fourth-order valence-electron chi connectivity index (χ4n) is 2.74. The van der Waals surface area contributed by atoms with Crippen LogP contribution >= 0.6 is 0 Å². The van der Waals surface area contributed by atoms with Crippen molar-refractivity contribution < 1.29 is 17.6 Å². The third-order valence-corrected chi connectivity index (χ3v) is 3.81. The van der Waals surface area contributed by atoms with Gasteiger partial charge in [-0.3, -0.25) is 4.90 Å². The van der Waals surface area contributed by atoms with Crippen LogP contribution in [-0.2, 0) is 6.18 Å². The number of nitrogens with zero attached hydrogens (tertiary/aromatic N) is 2. The second-order valence-electron chi connectivity index (χ2n) is 5.80. The predicted octanol–water partition coefficient (Wildman–Crippen LogP) is 2.35. The Morgan fingerprint density at radius 1 is 1.23 bits per heavy atom. The normalized spacial score (nSPS) is 18.7. The first-order chi connectivity index (χ1) is 10.3. The van der Waals surface area contributed by atoms with Crippen LogP contribution in [0.4, 0.5) is 17.6 Å². The number of likely N-dealkylation sites (N-methyl/N-ethyl adjacent to an activating group) is 1. The van der Waals surface area contributed by atoms with Crippen molar-refractivity contribution in [3.05, 3.63) is 35.1 Å². The molecule has 1 atom stereocenters. The van der Waals surface area contributed by atoms with Gasteiger partial charge in [-0.15, -0.1) is 0 Å². The topological polar surface area (TPSA) is 18.5 Å². The van der Waals surface area contributed by atoms with Crippen molar-refractivity contribution >= 4 is 0 Å². The van der Waals surface area contributed by atoms with E-state index in [1.165, 1.54) is 6.07 Å². The quantitative estimate of drug-likeness (QED) is 0.860. The molecule has 22 heavy (non-hydrogen) atoms. The number of piperazine rings is 1. The second kappa shape index (κ2) is 6.93. The number of hydrogen-bond donors (Lipinski definition) is 1. The lowest BCUT2D eigenvalue weighted by molar-refractivity contribution is -0.140. The van der Waals surface area contributed by atoms with Crippen LogP contribution in [-0.4, -0.2) is 56.6 Å². The van der Waals surface area contributed by atoms with Gasteiger partial charge in [0.25, 0.3) is 0 Å². The first-order valence-electron chi connectivity index (χ1n) is 7.25. The molecule has 1 aliphatic rings. The average molecular weight is 319 g/mol. The van der Waals surface area contributed by atoms with Gasteiger partial charge in [0.15, 0.2) is 0 Å². The van der Waals surface area contributed by atoms with Crippen molar-refractivity contribution in [1.82, 2.24) is 15.1 Å². The fourth-order valence-corrected chi connectivity index (χ4v) is 2.74. The number of hydrogen-bond acceptors (Lipinski definition) is 3. The third kappa shape index (κ3) is 4.18. The summed E-state index contributed by atoms with van der Waals surface area (Å²) in [5.74, 6) is -1.20. The summed E-state index contributed by atoms with van der Waals surface area (Å²) in [6, 6.07) is 3.14. The summed E-state index contributed by atoms with van der Waals surface area (Å²) in [5.41, 5.74) is -0.624. The van der Waals surface area contributed by atoms with E-state index in [0.717, 1.165) is 38.3 Å². The maximum Gasteiger partial charge on any atom is 0.419 e. The van der Waals surface area contributed by atoms with Crippen LogP contribution in [0.1, 0.15) is 17.2 Å². The summed E-state index contributed by atoms with van der Waals surface area (Å²) >= 11 is 0. The van der Waals surface area contributed by atoms with Gasteiger partial charge in [0.1, 0.15) is 5.82 Å². The van der Waals surface area contributed by atoms with E-state index in [0.29, 0.717) is 12.1 Å². The Labute approximate surface area is 127 Å². The molecule has 1 aromatic carbocycles. The van der Waals surface area contributed by atoms with E-state index in [4.69, 9.17) is 0 Å². The Bertz CT molecular complexity index is 496. The van der Waals surface area contributed by atoms with Gasteiger partial charge in [-0.1, -0.05) is 6.07 Å². The van der Waals surface area contributed by atoms with E-state index in [9.17, 15) is 17.6 Å². The van der Waals surface area contributed by atoms with E-state index in [2.05, 4.69) is 10.2 Å². The summed E-state index contributed by atoms with van der Waals surface area (Å²) < 4.78 is 51.9. The van der Waals surface area contributed by atoms with Crippen molar-refractivity contribution in [3.63, 3.8) is 0 Å². The van der Waals surface area contributed by atoms with Crippen LogP contribution in [0.2, 0.25) is 0 Å². The maximum absolute atomic E-state index is 13.8. The Morgan fingerprint density at radius 2 is 1.86 bits per heavy atom. The summed E-state index contributed by atoms with van der Waals surface area (Å²) in [6.45, 7) is 3.87. The molecule has 0 amide bonds. The number of nitrogens with one attached hydrogen (secondary N) is 1. The van der Waals surface area contributed by atoms with Crippen molar-refractivity contribution in [2.24, 2.45) is 0 Å². The lowest BCUT2D eigenvalue weighted by Crippen LogP contribution is -2.47. The fraction of sp³-hybridized carbons (Fsp3) is 0.600. The minimum Gasteiger partial charge on any atom is -0.314 e. The Kier molecular flexibility index (Phi) is 5.41. The van der Waals surface area contributed by atoms with E-state index in [-0.39, 0.29) is 6.04 Å². The van der Waals surface area contributed by atoms with Crippen molar-refractivity contribution in [3.8, 4) is 0 Å². The van der Waals surface area contributed by atoms with Gasteiger partial charge < -0.3 is 10.2 Å². The second-order valence-corrected chi connectivity index (χ2v) is 5.80. The van der Waals surface area contributed by atoms with Gasteiger partial charge in [0.05, 0.1) is 5.56 Å². The molecule has 1 saturated heterocycles. The summed E-state index contributed by atoms with van der Waals surface area (Å²) in [5, 5.41) is 3.24. The lowest BCUT2D eigenvalue weighted by Gasteiger charge is -2.36. The van der Waals surface area contributed by atoms with Crippen LogP contribution in [0.5, 0.6) is 0 Å². The zero-order valence-corrected chi connectivity index (χ0v) is 12.8. The van der Waals surface area contributed by atoms with Crippen molar-refractivity contribution in [1.29, 1.82) is 0 Å². The van der Waals surface area contributed by atoms with Gasteiger partial charge in [-0.25, -0.2) is 4.39 Å². The molecule has 0 aromatic heterocycles. The molecule has 0 aliphatic carbocycles. The molecule has 7 heteroatoms. The molecule has 0 bridgehead atoms. The first-order valence-corrected chi connectivity index (χ1v) is 7.25. The van der Waals surface area contributed by atoms with Crippen LogP contribution in [0.25, 0.3) is 0 Å². The number of rotatable bonds is 4. The van der Waals surface area contributed by atoms with Crippen molar-refractivity contribution in [2.45, 2.75) is 12.2 Å². The molecule has 3 nitrogen and oxygen atoms in total. The molecule has 1 aliphatic heterocycles. The molecule has 1 fully saturated rings. The predicted molar refractivity (Wildman–Crippen MR) is 77.1 cm³/mol. The minimum absolute atomic E-state index is 0.117. The highest BCUT2D eigenvalue weighted by Crippen LogP contribution is 2.33. The molecule has 0 saturated carbocycles. The highest BCUT2D eigenvalue weighted by atomic mass is 19.4. The van der Waals surface area contributed by atoms with Gasteiger partial charge in [0, 0.05) is 38.8 Å². The van der Waals surface area contributed by atoms with Crippen LogP contribution in [0.15, 0.2) is 18.2 Å². The zero-order chi connectivity index (χ0) is 16.3. The highest BCUT2D eigenvalue weighted by molar-refractivity contribution is 5.29. The van der Waals surface area contributed by atoms with Gasteiger partial charge in [-0.05, 0) is 31.8 Å². The first kappa shape index (κ1) is 17.2. The van der Waals surface area contributed by atoms with Crippen molar-refractivity contribution in [2.75, 3.05) is 46.8 Å². The number of benzene rings is 1. The molecule has 124 valence electrons. The average Bonchev–Trinajstić information content (AvgIpc) is 2.44. The molecule has 1 N–H and O–H groups in total. The van der Waals surface area contributed by atoms with Gasteiger partial charge in [0.2, 0.25) is 0 Å². The molecular formula is C15H21F4N3. The molecule has 2 rings (SSSR count). The SMILES string of the molecule is CN(C)CC(c1ccc(C(F)(F)F)c(F)c1)N1CCNCC1. The maximum atomic E-state index is 13.8. The largest absolute Gasteiger partial charge is 0.419 e. The van der Waals surface area contributed by atoms with E-state index < -0.39 is 17.6 Å². The molecule has 0 spiro atoms. The van der Waals surface area contributed by atoms with Crippen LogP contribution in [0, 0.1) is 5.82 Å². The smallest absolute Gasteiger partial charge is 0.314 e. The lowest BCUT2D eigenvalue weighted by atomic mass is 10.0. The molecule has 0 radical (unpaired) electrons. The Hall–Kier alpha value is -1.18. The molecular weight excluding hydrogens is 298 g/mol. The molecule has 1 aromatic rings. The summed E-state index contributed by atoms with van der Waals surface area (Å²) in [4.78, 5) is 4.14. The highest BCUT2D eigenvalue weighted by Gasteiger charge is 2.34. The minimum atomic E-state index is -4.66. The Morgan fingerprint density at radius 3 is 2.36 bits per heavy atom. The van der Waals surface area contributed by atoms with E-state index in [1.54, 1.807) is 0 Å². The monoisotopic (exact) mass is 319 g/mol. The zero-order valence-electron chi connectivity index (χ0n) is 12.8. The molecule has 1 heterocycles. The standard InChI is InChI=1S/C15H21F4N3/c1-21(2)10-14(22-7-5-20-6-8-22)11-3-4-12(13(16)9-11)15(17,18)19/h3-4,9,14,20H,5-8,10H2,1-2H3. The number of halogens is 4. The van der Waals surface area contributed by atoms with E-state index in [1.807, 2.05) is 19.0 Å².